The Hall–Kier alpha value is -5.02. The topological polar surface area (TPSA) is 318 Å². The minimum absolute atomic E-state index is 0. The molecule has 0 radical (unpaired) electrons. The third-order valence-corrected chi connectivity index (χ3v) is 2.94. The van der Waals surface area contributed by atoms with Gasteiger partial charge in [0.2, 0.25) is 0 Å². The molecule has 34 heavy (non-hydrogen) atoms. The Kier molecular flexibility index (Phi) is 10.9. The molecule has 0 aromatic carbocycles. The molecule has 0 saturated heterocycles. The van der Waals surface area contributed by atoms with Crippen LogP contribution in [0.5, 0.6) is 0 Å². The Morgan fingerprint density at radius 1 is 0.471 bits per heavy atom. The molecule has 0 saturated carbocycles. The van der Waals surface area contributed by atoms with Gasteiger partial charge in [-0.25, -0.2) is 14.4 Å². The van der Waals surface area contributed by atoms with Crippen LogP contribution in [0.2, 0.25) is 0 Å². The number of aromatic carboxylic acids is 3. The van der Waals surface area contributed by atoms with Crippen molar-refractivity contribution in [2.75, 3.05) is 0 Å². The Bertz CT molecular complexity index is 1270. The van der Waals surface area contributed by atoms with Crippen molar-refractivity contribution in [3.63, 3.8) is 0 Å². The summed E-state index contributed by atoms with van der Waals surface area (Å²) >= 11 is 0. The molecule has 0 atom stereocenters. The summed E-state index contributed by atoms with van der Waals surface area (Å²) < 4.78 is 0. The molecule has 3 aromatic rings. The molecule has 0 amide bonds. The molecule has 3 aromatic heterocycles. The van der Waals surface area contributed by atoms with Crippen molar-refractivity contribution in [2.24, 2.45) is 0 Å². The molecule has 180 valence electrons. The van der Waals surface area contributed by atoms with Gasteiger partial charge in [-0.15, -0.1) is 0 Å². The van der Waals surface area contributed by atoms with Gasteiger partial charge in [-0.1, -0.05) is 0 Å². The summed E-state index contributed by atoms with van der Waals surface area (Å²) in [4.78, 5) is 104. The number of carboxylic acids is 3. The SMILES string of the molecule is O=C([O-])c1cc(=O)[nH]c(=O)[nH]1.O=C([O-])c1cc(=O)[nH]c(=O)[nH]1.O=C([O-])c1cc(=O)[nH]c(=O)[nH]1.[Cr]. The first kappa shape index (κ1) is 29.0. The van der Waals surface area contributed by atoms with E-state index in [0.717, 1.165) is 18.2 Å². The first-order valence-electron chi connectivity index (χ1n) is 7.93. The summed E-state index contributed by atoms with van der Waals surface area (Å²) in [7, 11) is 0. The summed E-state index contributed by atoms with van der Waals surface area (Å²) in [6, 6.07) is 2.20. The monoisotopic (exact) mass is 517 g/mol. The van der Waals surface area contributed by atoms with Gasteiger partial charge in [0, 0.05) is 35.6 Å². The quantitative estimate of drug-likeness (QED) is 0.189. The van der Waals surface area contributed by atoms with E-state index in [-0.39, 0.29) is 17.4 Å². The van der Waals surface area contributed by atoms with Gasteiger partial charge in [-0.05, 0) is 0 Å². The number of hydrogen-bond acceptors (Lipinski definition) is 12. The summed E-state index contributed by atoms with van der Waals surface area (Å²) in [5.74, 6) is -4.77. The number of rotatable bonds is 3. The number of carboxylic acid groups (broad SMARTS) is 3. The second-order valence-corrected chi connectivity index (χ2v) is 5.37. The predicted molar refractivity (Wildman–Crippen MR) is 96.0 cm³/mol. The van der Waals surface area contributed by atoms with Crippen LogP contribution in [0.1, 0.15) is 31.5 Å². The number of carbonyl (C=O) groups is 3. The third kappa shape index (κ3) is 9.86. The zero-order valence-electron chi connectivity index (χ0n) is 16.0. The molecule has 0 unspecified atom stereocenters. The van der Waals surface area contributed by atoms with Crippen LogP contribution in [0.25, 0.3) is 0 Å². The van der Waals surface area contributed by atoms with E-state index >= 15 is 0 Å². The zero-order chi connectivity index (χ0) is 25.3. The smallest absolute Gasteiger partial charge is 0.326 e. The zero-order valence-corrected chi connectivity index (χ0v) is 17.3. The summed E-state index contributed by atoms with van der Waals surface area (Å²) in [6.45, 7) is 0. The number of hydrogen-bond donors (Lipinski definition) is 6. The molecule has 3 heterocycles. The summed E-state index contributed by atoms with van der Waals surface area (Å²) in [5.41, 5.74) is -6.49. The van der Waals surface area contributed by atoms with E-state index in [9.17, 15) is 58.5 Å². The summed E-state index contributed by atoms with van der Waals surface area (Å²) in [6.07, 6.45) is 0. The molecular formula is C15H9CrN6O12-3. The minimum Gasteiger partial charge on any atom is -0.543 e. The molecular weight excluding hydrogens is 508 g/mol. The molecule has 0 bridgehead atoms. The number of carbonyl (C=O) groups excluding carboxylic acids is 3. The molecule has 3 rings (SSSR count). The molecule has 6 N–H and O–H groups in total. The van der Waals surface area contributed by atoms with Crippen LogP contribution in [0.4, 0.5) is 0 Å². The Morgan fingerprint density at radius 2 is 0.676 bits per heavy atom. The predicted octanol–water partition coefficient (Wildman–Crippen LogP) is -7.72. The van der Waals surface area contributed by atoms with E-state index < -0.39 is 68.7 Å². The number of H-pyrrole nitrogens is 6. The minimum atomic E-state index is -1.59. The van der Waals surface area contributed by atoms with Gasteiger partial charge in [0.25, 0.3) is 16.7 Å². The van der Waals surface area contributed by atoms with Crippen LogP contribution in [-0.2, 0) is 17.4 Å². The Labute approximate surface area is 193 Å². The maximum absolute atomic E-state index is 10.4. The molecule has 19 heteroatoms. The number of aromatic amines is 6. The maximum atomic E-state index is 10.4. The first-order valence-corrected chi connectivity index (χ1v) is 7.93. The fraction of sp³-hybridized carbons (Fsp3) is 0. The van der Waals surface area contributed by atoms with E-state index in [1.807, 2.05) is 29.9 Å². The number of aromatic nitrogens is 6. The van der Waals surface area contributed by atoms with Crippen LogP contribution in [-0.4, -0.2) is 47.8 Å². The second-order valence-electron chi connectivity index (χ2n) is 5.37. The van der Waals surface area contributed by atoms with Gasteiger partial charge in [0.1, 0.15) is 0 Å². The van der Waals surface area contributed by atoms with Crippen LogP contribution < -0.4 is 49.1 Å². The number of nitrogens with one attached hydrogen (secondary N) is 6. The van der Waals surface area contributed by atoms with Crippen molar-refractivity contribution >= 4 is 17.9 Å². The van der Waals surface area contributed by atoms with Crippen LogP contribution >= 0.6 is 0 Å². The van der Waals surface area contributed by atoms with Crippen molar-refractivity contribution < 1.29 is 47.1 Å². The van der Waals surface area contributed by atoms with E-state index in [1.54, 1.807) is 0 Å². The van der Waals surface area contributed by atoms with Gasteiger partial charge < -0.3 is 44.7 Å². The van der Waals surface area contributed by atoms with Crippen LogP contribution in [0, 0.1) is 0 Å². The van der Waals surface area contributed by atoms with Crippen molar-refractivity contribution in [3.05, 3.63) is 97.8 Å². The second kappa shape index (κ2) is 12.7. The molecule has 0 aliphatic heterocycles. The van der Waals surface area contributed by atoms with Crippen LogP contribution in [0.15, 0.2) is 47.0 Å². The standard InChI is InChI=1S/3C5H4N2O4.Cr/c3*8-3-1-2(4(9)10)6-5(11)7-3;/h3*1H,(H,9,10)(H2,6,7,8,11);/p-3. The van der Waals surface area contributed by atoms with E-state index in [4.69, 9.17) is 0 Å². The van der Waals surface area contributed by atoms with E-state index in [2.05, 4.69) is 0 Å². The van der Waals surface area contributed by atoms with Crippen molar-refractivity contribution in [3.8, 4) is 0 Å². The van der Waals surface area contributed by atoms with E-state index in [0.29, 0.717) is 0 Å². The average molecular weight is 517 g/mol. The molecule has 0 fully saturated rings. The van der Waals surface area contributed by atoms with Gasteiger partial charge in [-0.2, -0.15) is 0 Å². The fourth-order valence-corrected chi connectivity index (χ4v) is 1.74. The maximum Gasteiger partial charge on any atom is 0.326 e. The van der Waals surface area contributed by atoms with E-state index in [1.165, 1.54) is 0 Å². The molecule has 0 aliphatic rings. The molecule has 0 spiro atoms. The van der Waals surface area contributed by atoms with Crippen molar-refractivity contribution in [1.82, 2.24) is 29.9 Å². The van der Waals surface area contributed by atoms with Gasteiger partial charge in [0.15, 0.2) is 0 Å². The third-order valence-electron chi connectivity index (χ3n) is 2.94. The molecule has 0 aliphatic carbocycles. The Morgan fingerprint density at radius 3 is 0.824 bits per heavy atom. The van der Waals surface area contributed by atoms with Crippen molar-refractivity contribution in [2.45, 2.75) is 0 Å². The Balaban J connectivity index is 0.000000473. The average Bonchev–Trinajstić information content (AvgIpc) is 2.66. The van der Waals surface area contributed by atoms with Crippen LogP contribution in [0.3, 0.4) is 0 Å². The normalized spacial score (nSPS) is 9.18. The van der Waals surface area contributed by atoms with Crippen molar-refractivity contribution in [1.29, 1.82) is 0 Å². The fourth-order valence-electron chi connectivity index (χ4n) is 1.74. The summed E-state index contributed by atoms with van der Waals surface area (Å²) in [5, 5.41) is 30.2. The molecule has 18 nitrogen and oxygen atoms in total. The first-order chi connectivity index (χ1) is 15.3. The largest absolute Gasteiger partial charge is 0.543 e. The van der Waals surface area contributed by atoms with Gasteiger partial charge in [0.05, 0.1) is 35.0 Å². The van der Waals surface area contributed by atoms with Gasteiger partial charge in [-0.3, -0.25) is 29.3 Å². The van der Waals surface area contributed by atoms with Gasteiger partial charge >= 0.3 is 17.1 Å².